The summed E-state index contributed by atoms with van der Waals surface area (Å²) in [6.45, 7) is 2.36. The minimum absolute atomic E-state index is 0.168. The van der Waals surface area contributed by atoms with Gasteiger partial charge < -0.3 is 10.5 Å². The van der Waals surface area contributed by atoms with Crippen molar-refractivity contribution in [1.29, 1.82) is 0 Å². The lowest BCUT2D eigenvalue weighted by Crippen LogP contribution is -2.07. The van der Waals surface area contributed by atoms with E-state index in [0.717, 1.165) is 16.5 Å². The molecule has 0 radical (unpaired) electrons. The first-order valence-electron chi connectivity index (χ1n) is 6.72. The Balaban J connectivity index is 1.98. The minimum atomic E-state index is 0.168. The molecule has 0 bridgehead atoms. The van der Waals surface area contributed by atoms with E-state index in [-0.39, 0.29) is 12.0 Å². The van der Waals surface area contributed by atoms with Crippen molar-refractivity contribution in [3.8, 4) is 6.01 Å². The zero-order chi connectivity index (χ0) is 14.7. The Morgan fingerprint density at radius 2 is 1.95 bits per heavy atom. The molecule has 2 N–H and O–H groups in total. The summed E-state index contributed by atoms with van der Waals surface area (Å²) < 4.78 is 5.30. The van der Waals surface area contributed by atoms with Gasteiger partial charge >= 0.3 is 6.01 Å². The average Bonchev–Trinajstić information content (AvgIpc) is 2.47. The maximum atomic E-state index is 5.70. The number of hydrogen-bond donors (Lipinski definition) is 1. The fourth-order valence-corrected chi connectivity index (χ4v) is 2.17. The average molecular weight is 281 g/mol. The van der Waals surface area contributed by atoms with Crippen molar-refractivity contribution in [2.24, 2.45) is 0 Å². The number of nitrogens with two attached hydrogens (primary N) is 1. The quantitative estimate of drug-likeness (QED) is 0.787. The van der Waals surface area contributed by atoms with E-state index in [0.29, 0.717) is 18.9 Å². The third-order valence-electron chi connectivity index (χ3n) is 3.04. The van der Waals surface area contributed by atoms with Gasteiger partial charge in [-0.05, 0) is 24.6 Å². The molecule has 0 aliphatic carbocycles. The van der Waals surface area contributed by atoms with Gasteiger partial charge in [-0.1, -0.05) is 18.2 Å². The van der Waals surface area contributed by atoms with Crippen molar-refractivity contribution in [2.45, 2.75) is 13.3 Å². The Kier molecular flexibility index (Phi) is 3.59. The Labute approximate surface area is 122 Å². The molecule has 0 saturated heterocycles. The van der Waals surface area contributed by atoms with Crippen LogP contribution < -0.4 is 10.5 Å². The van der Waals surface area contributed by atoms with Crippen LogP contribution in [0.4, 0.5) is 5.95 Å². The lowest BCUT2D eigenvalue weighted by Gasteiger charge is -2.07. The predicted octanol–water partition coefficient (Wildman–Crippen LogP) is 1.99. The summed E-state index contributed by atoms with van der Waals surface area (Å²) in [7, 11) is 0. The fourth-order valence-electron chi connectivity index (χ4n) is 2.17. The maximum absolute atomic E-state index is 5.70. The molecule has 0 spiro atoms. The van der Waals surface area contributed by atoms with E-state index in [1.807, 2.05) is 37.3 Å². The van der Waals surface area contributed by atoms with Crippen LogP contribution in [0.25, 0.3) is 10.9 Å². The van der Waals surface area contributed by atoms with E-state index in [1.54, 1.807) is 6.20 Å². The van der Waals surface area contributed by atoms with Gasteiger partial charge in [-0.2, -0.15) is 15.0 Å². The summed E-state index contributed by atoms with van der Waals surface area (Å²) in [5.41, 5.74) is 7.74. The van der Waals surface area contributed by atoms with E-state index in [9.17, 15) is 0 Å². The second-order valence-electron chi connectivity index (χ2n) is 4.49. The smallest absolute Gasteiger partial charge is 0.321 e. The molecule has 2 aromatic heterocycles. The number of hydrogen-bond acceptors (Lipinski definition) is 6. The molecule has 106 valence electrons. The minimum Gasteiger partial charge on any atom is -0.464 e. The maximum Gasteiger partial charge on any atom is 0.321 e. The molecule has 0 aliphatic rings. The summed E-state index contributed by atoms with van der Waals surface area (Å²) in [5.74, 6) is 0.754. The highest BCUT2D eigenvalue weighted by Crippen LogP contribution is 2.19. The molecule has 6 heteroatoms. The van der Waals surface area contributed by atoms with Crippen molar-refractivity contribution in [3.05, 3.63) is 47.9 Å². The second kappa shape index (κ2) is 5.70. The number of fused-ring (bicyclic) bond motifs is 1. The molecule has 0 saturated carbocycles. The van der Waals surface area contributed by atoms with Crippen molar-refractivity contribution in [1.82, 2.24) is 19.9 Å². The van der Waals surface area contributed by atoms with Gasteiger partial charge in [-0.25, -0.2) is 0 Å². The highest BCUT2D eigenvalue weighted by Gasteiger charge is 2.08. The van der Waals surface area contributed by atoms with Crippen LogP contribution in [0.2, 0.25) is 0 Å². The summed E-state index contributed by atoms with van der Waals surface area (Å²) >= 11 is 0. The number of ether oxygens (including phenoxy) is 1. The van der Waals surface area contributed by atoms with E-state index in [1.165, 1.54) is 0 Å². The van der Waals surface area contributed by atoms with Gasteiger partial charge in [0.2, 0.25) is 5.95 Å². The van der Waals surface area contributed by atoms with Gasteiger partial charge in [0.1, 0.15) is 5.82 Å². The number of nitrogens with zero attached hydrogens (tertiary/aromatic N) is 4. The first-order valence-corrected chi connectivity index (χ1v) is 6.72. The van der Waals surface area contributed by atoms with Crippen LogP contribution in [0.3, 0.4) is 0 Å². The highest BCUT2D eigenvalue weighted by molar-refractivity contribution is 5.82. The number of pyridine rings is 1. The summed E-state index contributed by atoms with van der Waals surface area (Å²) in [6, 6.07) is 10.2. The topological polar surface area (TPSA) is 86.8 Å². The molecule has 0 fully saturated rings. The van der Waals surface area contributed by atoms with Crippen molar-refractivity contribution >= 4 is 16.9 Å². The molecule has 0 aliphatic heterocycles. The molecule has 21 heavy (non-hydrogen) atoms. The van der Waals surface area contributed by atoms with E-state index >= 15 is 0 Å². The third kappa shape index (κ3) is 2.89. The van der Waals surface area contributed by atoms with Crippen molar-refractivity contribution in [3.63, 3.8) is 0 Å². The number of para-hydroxylation sites is 1. The number of benzene rings is 1. The van der Waals surface area contributed by atoms with Gasteiger partial charge in [0, 0.05) is 18.0 Å². The number of anilines is 1. The molecular weight excluding hydrogens is 266 g/mol. The van der Waals surface area contributed by atoms with Crippen LogP contribution in [0.5, 0.6) is 6.01 Å². The first-order chi connectivity index (χ1) is 10.3. The third-order valence-corrected chi connectivity index (χ3v) is 3.04. The van der Waals surface area contributed by atoms with Crippen LogP contribution in [0.15, 0.2) is 36.5 Å². The normalized spacial score (nSPS) is 10.7. The van der Waals surface area contributed by atoms with Gasteiger partial charge in [0.05, 0.1) is 12.1 Å². The van der Waals surface area contributed by atoms with Gasteiger partial charge in [0.15, 0.2) is 0 Å². The predicted molar refractivity (Wildman–Crippen MR) is 80.0 cm³/mol. The first kappa shape index (κ1) is 13.2. The van der Waals surface area contributed by atoms with Crippen LogP contribution in [0.1, 0.15) is 18.3 Å². The van der Waals surface area contributed by atoms with Gasteiger partial charge in [0.25, 0.3) is 0 Å². The number of aromatic nitrogens is 4. The second-order valence-corrected chi connectivity index (χ2v) is 4.49. The molecule has 0 unspecified atom stereocenters. The molecule has 6 nitrogen and oxygen atoms in total. The van der Waals surface area contributed by atoms with Gasteiger partial charge in [-0.15, -0.1) is 0 Å². The van der Waals surface area contributed by atoms with Gasteiger partial charge in [-0.3, -0.25) is 4.98 Å². The largest absolute Gasteiger partial charge is 0.464 e. The molecule has 3 rings (SSSR count). The summed E-state index contributed by atoms with van der Waals surface area (Å²) in [4.78, 5) is 16.7. The monoisotopic (exact) mass is 281 g/mol. The van der Waals surface area contributed by atoms with Crippen LogP contribution in [0, 0.1) is 0 Å². The SMILES string of the molecule is CCOc1nc(N)nc(Cc2ccnc3ccccc23)n1. The zero-order valence-corrected chi connectivity index (χ0v) is 11.7. The van der Waals surface area contributed by atoms with Crippen LogP contribution in [-0.2, 0) is 6.42 Å². The standard InChI is InChI=1S/C15H15N5O/c1-2-21-15-19-13(18-14(16)20-15)9-10-7-8-17-12-6-4-3-5-11(10)12/h3-8H,2,9H2,1H3,(H2,16,18,19,20). The molecule has 1 aromatic carbocycles. The van der Waals surface area contributed by atoms with E-state index < -0.39 is 0 Å². The Hall–Kier alpha value is -2.76. The number of nitrogen functional groups attached to an aromatic ring is 1. The zero-order valence-electron chi connectivity index (χ0n) is 11.7. The summed E-state index contributed by atoms with van der Waals surface area (Å²) in [5, 5.41) is 1.08. The van der Waals surface area contributed by atoms with Crippen LogP contribution >= 0.6 is 0 Å². The lowest BCUT2D eigenvalue weighted by molar-refractivity contribution is 0.310. The molecular formula is C15H15N5O. The fraction of sp³-hybridized carbons (Fsp3) is 0.200. The number of rotatable bonds is 4. The Morgan fingerprint density at radius 3 is 2.81 bits per heavy atom. The highest BCUT2D eigenvalue weighted by atomic mass is 16.5. The van der Waals surface area contributed by atoms with Crippen molar-refractivity contribution in [2.75, 3.05) is 12.3 Å². The van der Waals surface area contributed by atoms with E-state index in [2.05, 4.69) is 19.9 Å². The Morgan fingerprint density at radius 1 is 1.10 bits per heavy atom. The Bertz CT molecular complexity index is 770. The molecule has 3 aromatic rings. The molecule has 0 atom stereocenters. The van der Waals surface area contributed by atoms with E-state index in [4.69, 9.17) is 10.5 Å². The molecule has 0 amide bonds. The lowest BCUT2D eigenvalue weighted by atomic mass is 10.1. The van der Waals surface area contributed by atoms with Crippen molar-refractivity contribution < 1.29 is 4.74 Å². The van der Waals surface area contributed by atoms with Crippen LogP contribution in [-0.4, -0.2) is 26.5 Å². The molecule has 2 heterocycles. The summed E-state index contributed by atoms with van der Waals surface area (Å²) in [6.07, 6.45) is 2.33.